The molecule has 0 aliphatic heterocycles. The minimum Gasteiger partial charge on any atom is -0.375 e. The molecule has 4 heteroatoms. The second-order valence-corrected chi connectivity index (χ2v) is 6.72. The van der Waals surface area contributed by atoms with Gasteiger partial charge in [-0.1, -0.05) is 18.2 Å². The number of para-hydroxylation sites is 1. The highest BCUT2D eigenvalue weighted by Crippen LogP contribution is 2.28. The molecule has 0 fully saturated rings. The van der Waals surface area contributed by atoms with Crippen molar-refractivity contribution >= 4 is 33.0 Å². The quantitative estimate of drug-likeness (QED) is 0.727. The third-order valence-electron chi connectivity index (χ3n) is 3.36. The third-order valence-corrected chi connectivity index (χ3v) is 5.41. The Balaban J connectivity index is 1.70. The average molecular weight is 353 g/mol. The maximum absolute atomic E-state index is 3.59. The van der Waals surface area contributed by atoms with Crippen molar-refractivity contribution < 1.29 is 0 Å². The first-order chi connectivity index (χ1) is 9.68. The lowest BCUT2D eigenvalue weighted by molar-refractivity contribution is 0.563. The van der Waals surface area contributed by atoms with Gasteiger partial charge in [0.1, 0.15) is 0 Å². The van der Waals surface area contributed by atoms with Gasteiger partial charge in [-0.3, -0.25) is 0 Å². The van der Waals surface area contributed by atoms with Crippen molar-refractivity contribution in [2.45, 2.75) is 19.4 Å². The van der Waals surface area contributed by atoms with Crippen molar-refractivity contribution in [2.24, 2.45) is 0 Å². The van der Waals surface area contributed by atoms with E-state index in [1.54, 1.807) is 11.3 Å². The summed E-state index contributed by atoms with van der Waals surface area (Å²) in [5, 5.41) is 5.71. The van der Waals surface area contributed by atoms with E-state index < -0.39 is 0 Å². The minimum atomic E-state index is 0.409. The number of nitrogens with one attached hydrogen (secondary N) is 1. The fraction of sp³-hybridized carbons (Fsp3) is 0.375. The standard InChI is InChI=1S/C16H21BrN2S/c1-13(16-15(17)9-12-20-16)18-10-6-11-19(2)14-7-4-3-5-8-14/h3-5,7-9,12-13,18H,6,10-11H2,1-2H3. The van der Waals surface area contributed by atoms with E-state index in [9.17, 15) is 0 Å². The Morgan fingerprint density at radius 3 is 2.65 bits per heavy atom. The molecule has 1 atom stereocenters. The zero-order valence-electron chi connectivity index (χ0n) is 12.0. The van der Waals surface area contributed by atoms with Gasteiger partial charge < -0.3 is 10.2 Å². The number of hydrogen-bond donors (Lipinski definition) is 1. The smallest absolute Gasteiger partial charge is 0.0397 e. The zero-order valence-corrected chi connectivity index (χ0v) is 14.4. The second kappa shape index (κ2) is 7.81. The minimum absolute atomic E-state index is 0.409. The topological polar surface area (TPSA) is 15.3 Å². The van der Waals surface area contributed by atoms with Crippen molar-refractivity contribution in [3.05, 3.63) is 51.1 Å². The Morgan fingerprint density at radius 2 is 2.00 bits per heavy atom. The van der Waals surface area contributed by atoms with Gasteiger partial charge in [0, 0.05) is 34.7 Å². The van der Waals surface area contributed by atoms with Crippen LogP contribution in [-0.2, 0) is 0 Å². The molecule has 2 aromatic rings. The molecule has 0 saturated heterocycles. The molecule has 1 heterocycles. The number of anilines is 1. The van der Waals surface area contributed by atoms with Crippen LogP contribution in [0.2, 0.25) is 0 Å². The van der Waals surface area contributed by atoms with Gasteiger partial charge in [0.25, 0.3) is 0 Å². The van der Waals surface area contributed by atoms with E-state index in [2.05, 4.69) is 81.9 Å². The van der Waals surface area contributed by atoms with Crippen LogP contribution in [0.3, 0.4) is 0 Å². The summed E-state index contributed by atoms with van der Waals surface area (Å²) in [5.41, 5.74) is 1.28. The van der Waals surface area contributed by atoms with Crippen LogP contribution in [0.15, 0.2) is 46.3 Å². The van der Waals surface area contributed by atoms with Crippen LogP contribution in [0.4, 0.5) is 5.69 Å². The maximum Gasteiger partial charge on any atom is 0.0397 e. The van der Waals surface area contributed by atoms with Crippen LogP contribution in [0, 0.1) is 0 Å². The van der Waals surface area contributed by atoms with Crippen molar-refractivity contribution in [1.82, 2.24) is 5.32 Å². The number of halogens is 1. The summed E-state index contributed by atoms with van der Waals surface area (Å²) in [4.78, 5) is 3.68. The summed E-state index contributed by atoms with van der Waals surface area (Å²) in [5.74, 6) is 0. The predicted octanol–water partition coefficient (Wildman–Crippen LogP) is 4.69. The number of hydrogen-bond acceptors (Lipinski definition) is 3. The first-order valence-electron chi connectivity index (χ1n) is 6.91. The Morgan fingerprint density at radius 1 is 1.25 bits per heavy atom. The van der Waals surface area contributed by atoms with Gasteiger partial charge in [-0.25, -0.2) is 0 Å². The van der Waals surface area contributed by atoms with Crippen LogP contribution in [0.25, 0.3) is 0 Å². The molecule has 0 spiro atoms. The van der Waals surface area contributed by atoms with E-state index in [-0.39, 0.29) is 0 Å². The molecule has 0 aliphatic rings. The molecule has 0 radical (unpaired) electrons. The van der Waals surface area contributed by atoms with Gasteiger partial charge in [-0.15, -0.1) is 11.3 Å². The molecule has 108 valence electrons. The SMILES string of the molecule is CC(NCCCN(C)c1ccccc1)c1sccc1Br. The molecule has 1 aromatic heterocycles. The molecule has 1 N–H and O–H groups in total. The molecule has 2 nitrogen and oxygen atoms in total. The Kier molecular flexibility index (Phi) is 6.07. The van der Waals surface area contributed by atoms with Gasteiger partial charge in [0.05, 0.1) is 0 Å². The molecular formula is C16H21BrN2S. The lowest BCUT2D eigenvalue weighted by Gasteiger charge is -2.20. The fourth-order valence-corrected chi connectivity index (χ4v) is 3.90. The molecule has 0 saturated carbocycles. The average Bonchev–Trinajstić information content (AvgIpc) is 2.90. The van der Waals surface area contributed by atoms with E-state index in [1.807, 2.05) is 0 Å². The summed E-state index contributed by atoms with van der Waals surface area (Å²) in [7, 11) is 2.15. The summed E-state index contributed by atoms with van der Waals surface area (Å²) in [6.07, 6.45) is 1.14. The van der Waals surface area contributed by atoms with E-state index in [4.69, 9.17) is 0 Å². The number of nitrogens with zero attached hydrogens (tertiary/aromatic N) is 1. The lowest BCUT2D eigenvalue weighted by Crippen LogP contribution is -2.25. The molecule has 20 heavy (non-hydrogen) atoms. The summed E-state index contributed by atoms with van der Waals surface area (Å²) in [6, 6.07) is 13.0. The Labute approximate surface area is 133 Å². The third kappa shape index (κ3) is 4.33. The summed E-state index contributed by atoms with van der Waals surface area (Å²) in [6.45, 7) is 4.32. The van der Waals surface area contributed by atoms with Gasteiger partial charge >= 0.3 is 0 Å². The molecule has 0 aliphatic carbocycles. The predicted molar refractivity (Wildman–Crippen MR) is 92.8 cm³/mol. The maximum atomic E-state index is 3.59. The normalized spacial score (nSPS) is 12.3. The molecule has 0 amide bonds. The number of thiophene rings is 1. The van der Waals surface area contributed by atoms with Crippen molar-refractivity contribution in [3.8, 4) is 0 Å². The largest absolute Gasteiger partial charge is 0.375 e. The van der Waals surface area contributed by atoms with E-state index in [0.717, 1.165) is 19.5 Å². The van der Waals surface area contributed by atoms with Gasteiger partial charge in [-0.05, 0) is 59.4 Å². The molecule has 1 aromatic carbocycles. The lowest BCUT2D eigenvalue weighted by atomic mass is 10.2. The number of rotatable bonds is 7. The molecule has 2 rings (SSSR count). The highest BCUT2D eigenvalue weighted by Gasteiger charge is 2.09. The molecule has 0 bridgehead atoms. The Bertz CT molecular complexity index is 512. The molecule has 1 unspecified atom stereocenters. The van der Waals surface area contributed by atoms with E-state index in [0.29, 0.717) is 6.04 Å². The monoisotopic (exact) mass is 352 g/mol. The highest BCUT2D eigenvalue weighted by atomic mass is 79.9. The zero-order chi connectivity index (χ0) is 14.4. The summed E-state index contributed by atoms with van der Waals surface area (Å²) < 4.78 is 1.21. The van der Waals surface area contributed by atoms with Gasteiger partial charge in [0.15, 0.2) is 0 Å². The fourth-order valence-electron chi connectivity index (χ4n) is 2.15. The molecular weight excluding hydrogens is 332 g/mol. The van der Waals surface area contributed by atoms with Crippen LogP contribution in [0.1, 0.15) is 24.3 Å². The first-order valence-corrected chi connectivity index (χ1v) is 8.58. The van der Waals surface area contributed by atoms with Crippen LogP contribution in [-0.4, -0.2) is 20.1 Å². The Hall–Kier alpha value is -0.840. The van der Waals surface area contributed by atoms with Crippen molar-refractivity contribution in [3.63, 3.8) is 0 Å². The second-order valence-electron chi connectivity index (χ2n) is 4.92. The van der Waals surface area contributed by atoms with Gasteiger partial charge in [0.2, 0.25) is 0 Å². The van der Waals surface area contributed by atoms with Gasteiger partial charge in [-0.2, -0.15) is 0 Å². The number of benzene rings is 1. The van der Waals surface area contributed by atoms with Crippen LogP contribution < -0.4 is 10.2 Å². The van der Waals surface area contributed by atoms with Crippen LogP contribution >= 0.6 is 27.3 Å². The highest BCUT2D eigenvalue weighted by molar-refractivity contribution is 9.10. The van der Waals surface area contributed by atoms with Crippen molar-refractivity contribution in [2.75, 3.05) is 25.0 Å². The van der Waals surface area contributed by atoms with E-state index >= 15 is 0 Å². The van der Waals surface area contributed by atoms with E-state index in [1.165, 1.54) is 15.0 Å². The van der Waals surface area contributed by atoms with Crippen LogP contribution in [0.5, 0.6) is 0 Å². The summed E-state index contributed by atoms with van der Waals surface area (Å²) >= 11 is 5.39. The van der Waals surface area contributed by atoms with Crippen molar-refractivity contribution in [1.29, 1.82) is 0 Å². The first kappa shape index (κ1) is 15.5.